The van der Waals surface area contributed by atoms with E-state index >= 15 is 0 Å². The SMILES string of the molecule is CCCCN(CC)C([SiH3])(NC)NC. The molecular weight excluding hydrogens is 178 g/mol. The van der Waals surface area contributed by atoms with Crippen LogP contribution in [0, 0.1) is 0 Å². The van der Waals surface area contributed by atoms with Crippen LogP contribution in [0.3, 0.4) is 0 Å². The van der Waals surface area contributed by atoms with Crippen LogP contribution in [0.5, 0.6) is 0 Å². The van der Waals surface area contributed by atoms with Crippen molar-refractivity contribution in [3.05, 3.63) is 0 Å². The van der Waals surface area contributed by atoms with Crippen LogP contribution in [-0.2, 0) is 0 Å². The summed E-state index contributed by atoms with van der Waals surface area (Å²) in [5.41, 5.74) is 0.0733. The minimum absolute atomic E-state index is 0.0733. The molecule has 2 N–H and O–H groups in total. The van der Waals surface area contributed by atoms with Crippen molar-refractivity contribution in [2.45, 2.75) is 32.1 Å². The number of nitrogens with zero attached hydrogens (tertiary/aromatic N) is 1. The first-order valence-electron chi connectivity index (χ1n) is 5.27. The third-order valence-electron chi connectivity index (χ3n) is 2.77. The molecule has 0 atom stereocenters. The second-order valence-electron chi connectivity index (χ2n) is 3.51. The molecule has 0 aromatic rings. The molecule has 0 amide bonds. The van der Waals surface area contributed by atoms with E-state index in [1.807, 2.05) is 14.1 Å². The standard InChI is InChI=1S/C9H25N3Si/c1-5-7-8-12(6-2)9(13,10-3)11-4/h10-11H,5-8H2,1-4,13H3. The minimum atomic E-state index is 0.0733. The summed E-state index contributed by atoms with van der Waals surface area (Å²) in [6.07, 6.45) is 2.54. The Kier molecular flexibility index (Phi) is 6.58. The molecule has 0 spiro atoms. The van der Waals surface area contributed by atoms with Crippen LogP contribution in [-0.4, -0.2) is 47.7 Å². The summed E-state index contributed by atoms with van der Waals surface area (Å²) in [6.45, 7) is 6.74. The van der Waals surface area contributed by atoms with Crippen LogP contribution in [0.2, 0.25) is 0 Å². The summed E-state index contributed by atoms with van der Waals surface area (Å²) in [7, 11) is 5.13. The van der Waals surface area contributed by atoms with Gasteiger partial charge in [0.25, 0.3) is 0 Å². The largest absolute Gasteiger partial charge is 0.294 e. The number of unbranched alkanes of at least 4 members (excludes halogenated alkanes) is 1. The second kappa shape index (κ2) is 6.54. The summed E-state index contributed by atoms with van der Waals surface area (Å²) < 4.78 is 0. The van der Waals surface area contributed by atoms with Gasteiger partial charge in [0.15, 0.2) is 0 Å². The predicted octanol–water partition coefficient (Wildman–Crippen LogP) is -0.476. The molecule has 0 aliphatic heterocycles. The molecule has 3 nitrogen and oxygen atoms in total. The van der Waals surface area contributed by atoms with Crippen molar-refractivity contribution in [2.24, 2.45) is 0 Å². The number of nitrogens with one attached hydrogen (secondary N) is 2. The van der Waals surface area contributed by atoms with Crippen molar-refractivity contribution in [1.29, 1.82) is 0 Å². The van der Waals surface area contributed by atoms with Gasteiger partial charge >= 0.3 is 0 Å². The molecule has 0 bridgehead atoms. The Balaban J connectivity index is 4.16. The van der Waals surface area contributed by atoms with Crippen LogP contribution < -0.4 is 10.6 Å². The molecule has 0 heterocycles. The Morgan fingerprint density at radius 3 is 2.08 bits per heavy atom. The molecule has 0 aliphatic carbocycles. The van der Waals surface area contributed by atoms with E-state index in [-0.39, 0.29) is 5.41 Å². The van der Waals surface area contributed by atoms with E-state index in [0.717, 1.165) is 16.8 Å². The van der Waals surface area contributed by atoms with Crippen LogP contribution >= 0.6 is 0 Å². The summed E-state index contributed by atoms with van der Waals surface area (Å²) in [5.74, 6) is 0. The van der Waals surface area contributed by atoms with E-state index in [1.54, 1.807) is 0 Å². The Labute approximate surface area is 85.7 Å². The highest BCUT2D eigenvalue weighted by Crippen LogP contribution is 2.04. The topological polar surface area (TPSA) is 27.3 Å². The molecule has 13 heavy (non-hydrogen) atoms. The van der Waals surface area contributed by atoms with Crippen molar-refractivity contribution >= 4 is 10.2 Å². The molecule has 0 rings (SSSR count). The fourth-order valence-corrected chi connectivity index (χ4v) is 2.03. The fourth-order valence-electron chi connectivity index (χ4n) is 1.49. The fraction of sp³-hybridized carbons (Fsp3) is 1.00. The Bertz CT molecular complexity index is 126. The van der Waals surface area contributed by atoms with Crippen molar-refractivity contribution in [2.75, 3.05) is 27.2 Å². The Morgan fingerprint density at radius 2 is 1.77 bits per heavy atom. The third kappa shape index (κ3) is 3.77. The van der Waals surface area contributed by atoms with Crippen molar-refractivity contribution < 1.29 is 0 Å². The summed E-state index contributed by atoms with van der Waals surface area (Å²) in [6, 6.07) is 0. The van der Waals surface area contributed by atoms with Gasteiger partial charge in [0, 0.05) is 6.54 Å². The number of rotatable bonds is 7. The average molecular weight is 203 g/mol. The highest BCUT2D eigenvalue weighted by molar-refractivity contribution is 6.14. The summed E-state index contributed by atoms with van der Waals surface area (Å²) >= 11 is 0. The van der Waals surface area contributed by atoms with E-state index < -0.39 is 0 Å². The third-order valence-corrected chi connectivity index (χ3v) is 4.40. The minimum Gasteiger partial charge on any atom is -0.294 e. The van der Waals surface area contributed by atoms with E-state index in [0.29, 0.717) is 0 Å². The number of hydrogen-bond donors (Lipinski definition) is 2. The maximum absolute atomic E-state index is 3.36. The second-order valence-corrected chi connectivity index (χ2v) is 4.95. The van der Waals surface area contributed by atoms with E-state index in [2.05, 4.69) is 29.4 Å². The lowest BCUT2D eigenvalue weighted by atomic mass is 10.3. The van der Waals surface area contributed by atoms with Gasteiger partial charge in [-0.1, -0.05) is 20.3 Å². The highest BCUT2D eigenvalue weighted by atomic mass is 28.1. The highest BCUT2D eigenvalue weighted by Gasteiger charge is 2.25. The van der Waals surface area contributed by atoms with Crippen LogP contribution in [0.1, 0.15) is 26.7 Å². The molecule has 4 heteroatoms. The summed E-state index contributed by atoms with van der Waals surface area (Å²) in [5, 5.41) is 6.73. The molecule has 0 aromatic carbocycles. The van der Waals surface area contributed by atoms with Gasteiger partial charge in [0.2, 0.25) is 0 Å². The molecule has 0 aromatic heterocycles. The van der Waals surface area contributed by atoms with E-state index in [4.69, 9.17) is 0 Å². The molecule has 80 valence electrons. The molecule has 0 aliphatic rings. The smallest absolute Gasteiger partial charge is 0.0991 e. The van der Waals surface area contributed by atoms with Gasteiger partial charge in [-0.05, 0) is 27.1 Å². The van der Waals surface area contributed by atoms with Gasteiger partial charge in [-0.25, -0.2) is 0 Å². The van der Waals surface area contributed by atoms with Gasteiger partial charge in [-0.15, -0.1) is 0 Å². The summed E-state index contributed by atoms with van der Waals surface area (Å²) in [4.78, 5) is 2.47. The molecule has 0 saturated carbocycles. The maximum Gasteiger partial charge on any atom is 0.0991 e. The van der Waals surface area contributed by atoms with E-state index in [1.165, 1.54) is 19.4 Å². The van der Waals surface area contributed by atoms with Crippen LogP contribution in [0.25, 0.3) is 0 Å². The monoisotopic (exact) mass is 203 g/mol. The van der Waals surface area contributed by atoms with Gasteiger partial charge < -0.3 is 0 Å². The first-order chi connectivity index (χ1) is 6.14. The lowest BCUT2D eigenvalue weighted by Gasteiger charge is -2.40. The molecular formula is C9H25N3Si. The molecule has 0 fully saturated rings. The van der Waals surface area contributed by atoms with Gasteiger partial charge in [-0.2, -0.15) is 0 Å². The zero-order valence-electron chi connectivity index (χ0n) is 9.78. The Morgan fingerprint density at radius 1 is 1.23 bits per heavy atom. The predicted molar refractivity (Wildman–Crippen MR) is 62.9 cm³/mol. The molecule has 0 unspecified atom stereocenters. The molecule has 0 saturated heterocycles. The first-order valence-corrected chi connectivity index (χ1v) is 6.27. The molecule has 0 radical (unpaired) electrons. The first kappa shape index (κ1) is 13.1. The number of hydrogen-bond acceptors (Lipinski definition) is 3. The quantitative estimate of drug-likeness (QED) is 0.432. The van der Waals surface area contributed by atoms with Crippen molar-refractivity contribution in [3.63, 3.8) is 0 Å². The normalized spacial score (nSPS) is 12.7. The van der Waals surface area contributed by atoms with Gasteiger partial charge in [0.05, 0.1) is 15.7 Å². The maximum atomic E-state index is 3.36. The zero-order chi connectivity index (χ0) is 10.3. The average Bonchev–Trinajstić information content (AvgIpc) is 2.18. The van der Waals surface area contributed by atoms with E-state index in [9.17, 15) is 0 Å². The zero-order valence-corrected chi connectivity index (χ0v) is 11.8. The lowest BCUT2D eigenvalue weighted by molar-refractivity contribution is 0.115. The van der Waals surface area contributed by atoms with Crippen molar-refractivity contribution in [1.82, 2.24) is 15.5 Å². The van der Waals surface area contributed by atoms with Crippen molar-refractivity contribution in [3.8, 4) is 0 Å². The van der Waals surface area contributed by atoms with Crippen LogP contribution in [0.4, 0.5) is 0 Å². The van der Waals surface area contributed by atoms with Crippen LogP contribution in [0.15, 0.2) is 0 Å². The van der Waals surface area contributed by atoms with Gasteiger partial charge in [0.1, 0.15) is 0 Å². The van der Waals surface area contributed by atoms with Gasteiger partial charge in [-0.3, -0.25) is 15.5 Å². The Hall–Kier alpha value is 0.0969. The lowest BCUT2D eigenvalue weighted by Crippen LogP contribution is -2.66.